The number of nitrogen functional groups attached to an aromatic ring is 1. The fraction of sp³-hybridized carbons (Fsp3) is 0.576. The number of halogens is 3. The number of terminal acetylenes is 1. The third-order valence-electron chi connectivity index (χ3n) is 8.38. The number of fused-ring (bicyclic) bond motifs is 1. The molecule has 4 N–H and O–H groups in total. The molecule has 1 aliphatic rings. The van der Waals surface area contributed by atoms with Gasteiger partial charge in [0.05, 0.1) is 19.5 Å². The highest BCUT2D eigenvalue weighted by Crippen LogP contribution is 2.39. The summed E-state index contributed by atoms with van der Waals surface area (Å²) in [7, 11) is -3.28. The van der Waals surface area contributed by atoms with E-state index in [1.165, 1.54) is 49.4 Å². The van der Waals surface area contributed by atoms with Gasteiger partial charge in [-0.25, -0.2) is 18.9 Å². The molecule has 3 heterocycles. The Balaban J connectivity index is 1.33. The third kappa shape index (κ3) is 10.7. The molecule has 268 valence electrons. The number of benzene rings is 1. The van der Waals surface area contributed by atoms with E-state index in [4.69, 9.17) is 26.2 Å². The van der Waals surface area contributed by atoms with Gasteiger partial charge in [0.15, 0.2) is 22.6 Å². The van der Waals surface area contributed by atoms with Gasteiger partial charge < -0.3 is 24.8 Å². The molecule has 0 spiro atoms. The molecule has 12 nitrogen and oxygen atoms in total. The maximum Gasteiger partial charge on any atom is 0.323 e. The number of carbonyl (C=O) groups excluding carboxylic acids is 1. The predicted octanol–water partition coefficient (Wildman–Crippen LogP) is 5.55. The standard InChI is InChI=1S/C33H44F3N6O6P/c1-3-5-6-7-8-9-10-11-12-13-14-46-31(44)25(17-22-15-23(34)18-24(35)16-22)41-49(45)47-20-33(4-2)26(43)19-27(48-33)42-21-38-28-29(37)39-32(36)40-30(28)42/h2,15-16,18,21,25-27,43,49H,3,5-14,17,19-20H2,1H3,(H,41,45)(H2,37,39,40)/t25-,26-,27+,33+/m0/s1. The first-order valence-electron chi connectivity index (χ1n) is 16.6. The third-order valence-corrected chi connectivity index (χ3v) is 9.37. The van der Waals surface area contributed by atoms with E-state index in [2.05, 4.69) is 32.9 Å². The van der Waals surface area contributed by atoms with Gasteiger partial charge in [0.2, 0.25) is 0 Å². The summed E-state index contributed by atoms with van der Waals surface area (Å²) in [5, 5.41) is 13.4. The smallest absolute Gasteiger partial charge is 0.323 e. The number of carbonyl (C=O) groups is 1. The van der Waals surface area contributed by atoms with E-state index in [9.17, 15) is 27.6 Å². The minimum absolute atomic E-state index is 0.0131. The van der Waals surface area contributed by atoms with Gasteiger partial charge >= 0.3 is 12.0 Å². The van der Waals surface area contributed by atoms with Crippen molar-refractivity contribution in [1.29, 1.82) is 0 Å². The average molecular weight is 709 g/mol. The number of aromatic nitrogens is 4. The first-order chi connectivity index (χ1) is 23.5. The number of anilines is 1. The molecule has 16 heteroatoms. The van der Waals surface area contributed by atoms with Gasteiger partial charge in [-0.15, -0.1) is 6.42 Å². The Morgan fingerprint density at radius 3 is 2.45 bits per heavy atom. The van der Waals surface area contributed by atoms with Crippen molar-refractivity contribution in [2.24, 2.45) is 0 Å². The van der Waals surface area contributed by atoms with E-state index in [1.54, 1.807) is 0 Å². The number of rotatable bonds is 20. The summed E-state index contributed by atoms with van der Waals surface area (Å²) in [5.41, 5.74) is 4.20. The number of nitrogens with zero attached hydrogens (tertiary/aromatic N) is 4. The molecule has 0 amide bonds. The number of aliphatic hydroxyl groups excluding tert-OH is 1. The van der Waals surface area contributed by atoms with Gasteiger partial charge in [-0.05, 0) is 30.5 Å². The topological polar surface area (TPSA) is 164 Å². The highest BCUT2D eigenvalue weighted by Gasteiger charge is 2.49. The number of nitrogens with one attached hydrogen (secondary N) is 1. The zero-order valence-corrected chi connectivity index (χ0v) is 28.5. The lowest BCUT2D eigenvalue weighted by Crippen LogP contribution is -2.43. The van der Waals surface area contributed by atoms with Crippen LogP contribution in [0.5, 0.6) is 0 Å². The molecule has 1 aliphatic heterocycles. The van der Waals surface area contributed by atoms with E-state index in [1.807, 2.05) is 0 Å². The quantitative estimate of drug-likeness (QED) is 0.0444. The van der Waals surface area contributed by atoms with Crippen LogP contribution in [-0.4, -0.2) is 61.6 Å². The number of unbranched alkanes of at least 4 members (excludes halogenated alkanes) is 9. The van der Waals surface area contributed by atoms with E-state index in [0.717, 1.165) is 31.4 Å². The molecular formula is C33H44F3N6O6P. The molecule has 0 saturated carbocycles. The van der Waals surface area contributed by atoms with Gasteiger partial charge in [-0.3, -0.25) is 13.9 Å². The molecule has 1 saturated heterocycles. The Bertz CT molecular complexity index is 1600. The lowest BCUT2D eigenvalue weighted by atomic mass is 9.99. The van der Waals surface area contributed by atoms with Crippen molar-refractivity contribution in [1.82, 2.24) is 24.6 Å². The molecule has 1 fully saturated rings. The van der Waals surface area contributed by atoms with E-state index < -0.39 is 62.4 Å². The number of hydrogen-bond acceptors (Lipinski definition) is 10. The van der Waals surface area contributed by atoms with Crippen LogP contribution in [0.4, 0.5) is 19.0 Å². The van der Waals surface area contributed by atoms with Crippen molar-refractivity contribution in [3.8, 4) is 12.3 Å². The molecule has 4 rings (SSSR count). The Hall–Kier alpha value is -3.54. The minimum Gasteiger partial charge on any atom is -0.465 e. The first kappa shape index (κ1) is 38.3. The average Bonchev–Trinajstić information content (AvgIpc) is 3.62. The Kier molecular flexibility index (Phi) is 14.4. The number of hydrogen-bond donors (Lipinski definition) is 3. The van der Waals surface area contributed by atoms with Crippen LogP contribution >= 0.6 is 8.18 Å². The second kappa shape index (κ2) is 18.5. The summed E-state index contributed by atoms with van der Waals surface area (Å²) in [5.74, 6) is -0.281. The van der Waals surface area contributed by atoms with Gasteiger partial charge in [-0.1, -0.05) is 70.6 Å². The van der Waals surface area contributed by atoms with E-state index in [-0.39, 0.29) is 42.0 Å². The van der Waals surface area contributed by atoms with Gasteiger partial charge in [-0.2, -0.15) is 14.4 Å². The van der Waals surface area contributed by atoms with Crippen molar-refractivity contribution >= 4 is 31.1 Å². The Morgan fingerprint density at radius 2 is 1.80 bits per heavy atom. The second-order valence-electron chi connectivity index (χ2n) is 12.2. The summed E-state index contributed by atoms with van der Waals surface area (Å²) < 4.78 is 73.0. The van der Waals surface area contributed by atoms with Crippen molar-refractivity contribution in [3.05, 3.63) is 47.8 Å². The van der Waals surface area contributed by atoms with E-state index >= 15 is 0 Å². The fourth-order valence-electron chi connectivity index (χ4n) is 5.72. The summed E-state index contributed by atoms with van der Waals surface area (Å²) in [6.07, 6.45) is 14.3. The molecule has 0 radical (unpaired) electrons. The second-order valence-corrected chi connectivity index (χ2v) is 13.3. The normalized spacial score (nSPS) is 20.3. The lowest BCUT2D eigenvalue weighted by Gasteiger charge is -2.26. The van der Waals surface area contributed by atoms with Gasteiger partial charge in [0.1, 0.15) is 30.0 Å². The molecule has 1 aromatic carbocycles. The summed E-state index contributed by atoms with van der Waals surface area (Å²) in [6, 6.07) is 1.54. The molecule has 0 bridgehead atoms. The SMILES string of the molecule is C#C[C@]1(CO[PH](=O)N[C@@H](Cc2cc(F)cc(F)c2)C(=O)OCCCCCCCCCCCC)O[C@@H](n2cnc3c(N)nc(F)nc32)C[C@@H]1O. The molecule has 2 aromatic heterocycles. The Labute approximate surface area is 284 Å². The Morgan fingerprint density at radius 1 is 1.14 bits per heavy atom. The fourth-order valence-corrected chi connectivity index (χ4v) is 6.66. The van der Waals surface area contributed by atoms with Crippen LogP contribution in [0.15, 0.2) is 24.5 Å². The lowest BCUT2D eigenvalue weighted by molar-refractivity contribution is -0.145. The number of ether oxygens (including phenoxy) is 2. The van der Waals surface area contributed by atoms with Crippen LogP contribution in [0.25, 0.3) is 11.2 Å². The van der Waals surface area contributed by atoms with Crippen LogP contribution < -0.4 is 10.8 Å². The number of esters is 1. The molecule has 5 atom stereocenters. The first-order valence-corrected chi connectivity index (χ1v) is 17.9. The van der Waals surface area contributed by atoms with E-state index in [0.29, 0.717) is 12.5 Å². The van der Waals surface area contributed by atoms with Crippen LogP contribution in [0.3, 0.4) is 0 Å². The zero-order valence-electron chi connectivity index (χ0n) is 27.5. The van der Waals surface area contributed by atoms with Crippen molar-refractivity contribution in [2.75, 3.05) is 18.9 Å². The monoisotopic (exact) mass is 708 g/mol. The van der Waals surface area contributed by atoms with Crippen LogP contribution in [0.2, 0.25) is 0 Å². The molecule has 0 aliphatic carbocycles. The summed E-state index contributed by atoms with van der Waals surface area (Å²) in [4.78, 5) is 24.3. The predicted molar refractivity (Wildman–Crippen MR) is 177 cm³/mol. The number of imidazole rings is 1. The van der Waals surface area contributed by atoms with Crippen LogP contribution in [-0.2, 0) is 29.8 Å². The maximum atomic E-state index is 13.9. The molecule has 1 unspecified atom stereocenters. The number of aliphatic hydroxyl groups is 1. The summed E-state index contributed by atoms with van der Waals surface area (Å²) >= 11 is 0. The summed E-state index contributed by atoms with van der Waals surface area (Å²) in [6.45, 7) is 1.74. The van der Waals surface area contributed by atoms with Gasteiger partial charge in [0.25, 0.3) is 8.18 Å². The van der Waals surface area contributed by atoms with Crippen LogP contribution in [0, 0.1) is 30.1 Å². The van der Waals surface area contributed by atoms with Crippen molar-refractivity contribution in [2.45, 2.75) is 108 Å². The molecule has 3 aromatic rings. The molecule has 49 heavy (non-hydrogen) atoms. The van der Waals surface area contributed by atoms with Crippen molar-refractivity contribution in [3.63, 3.8) is 0 Å². The van der Waals surface area contributed by atoms with Crippen molar-refractivity contribution < 1.29 is 41.6 Å². The molecular weight excluding hydrogens is 664 g/mol. The largest absolute Gasteiger partial charge is 0.465 e. The van der Waals surface area contributed by atoms with Crippen LogP contribution in [0.1, 0.15) is 89.3 Å². The zero-order chi connectivity index (χ0) is 35.4. The van der Waals surface area contributed by atoms with Gasteiger partial charge in [0, 0.05) is 12.5 Å². The highest BCUT2D eigenvalue weighted by atomic mass is 31.1. The number of nitrogens with two attached hydrogens (primary N) is 1. The minimum atomic E-state index is -3.28. The highest BCUT2D eigenvalue weighted by molar-refractivity contribution is 7.36. The maximum absolute atomic E-state index is 13.9.